The third kappa shape index (κ3) is 6.06. The summed E-state index contributed by atoms with van der Waals surface area (Å²) >= 11 is 0. The van der Waals surface area contributed by atoms with Gasteiger partial charge in [0.05, 0.1) is 11.0 Å². The van der Waals surface area contributed by atoms with Gasteiger partial charge < -0.3 is 4.57 Å². The Bertz CT molecular complexity index is 2660. The van der Waals surface area contributed by atoms with Crippen LogP contribution >= 0.6 is 0 Å². The van der Waals surface area contributed by atoms with Crippen molar-refractivity contribution in [1.29, 1.82) is 0 Å². The standard InChI is InChI=1S/C48H37N5/c1-30-15-23-44-42(25-30)43-26-31(2)16-24-45(43)53(44)39-20-17-34(18-21-39)41-29-37(38-27-32(3)49-33(4)28-38)19-22-40(41)48-51-46(35-11-7-5-8-12-35)50-47(52-48)36-13-9-6-10-14-36/h5-29H,1-4H3. The fourth-order valence-electron chi connectivity index (χ4n) is 7.41. The molecule has 0 fully saturated rings. The molecule has 0 aliphatic carbocycles. The molecule has 5 heteroatoms. The number of aryl methyl sites for hydroxylation is 4. The van der Waals surface area contributed by atoms with Crippen molar-refractivity contribution in [3.05, 3.63) is 174 Å². The Kier molecular flexibility index (Phi) is 7.97. The predicted molar refractivity (Wildman–Crippen MR) is 218 cm³/mol. The lowest BCUT2D eigenvalue weighted by atomic mass is 9.93. The van der Waals surface area contributed by atoms with E-state index in [-0.39, 0.29) is 0 Å². The molecule has 254 valence electrons. The van der Waals surface area contributed by atoms with Gasteiger partial charge in [-0.05, 0) is 111 Å². The SMILES string of the molecule is Cc1ccc2c(c1)c1cc(C)ccc1n2-c1ccc(-c2cc(-c3cc(C)nc(C)c3)ccc2-c2nc(-c3ccccc3)nc(-c3ccccc3)n2)cc1. The fraction of sp³-hybridized carbons (Fsp3) is 0.0833. The van der Waals surface area contributed by atoms with Gasteiger partial charge in [-0.15, -0.1) is 0 Å². The molecular weight excluding hydrogens is 647 g/mol. The lowest BCUT2D eigenvalue weighted by Crippen LogP contribution is -2.01. The summed E-state index contributed by atoms with van der Waals surface area (Å²) < 4.78 is 2.37. The zero-order chi connectivity index (χ0) is 36.1. The van der Waals surface area contributed by atoms with E-state index in [1.807, 2.05) is 74.5 Å². The van der Waals surface area contributed by atoms with Crippen molar-refractivity contribution in [2.24, 2.45) is 0 Å². The first-order valence-corrected chi connectivity index (χ1v) is 18.0. The van der Waals surface area contributed by atoms with Crippen LogP contribution in [0.2, 0.25) is 0 Å². The quantitative estimate of drug-likeness (QED) is 0.175. The highest BCUT2D eigenvalue weighted by molar-refractivity contribution is 6.09. The third-order valence-electron chi connectivity index (χ3n) is 9.89. The van der Waals surface area contributed by atoms with Crippen molar-refractivity contribution in [2.75, 3.05) is 0 Å². The molecule has 0 saturated carbocycles. The van der Waals surface area contributed by atoms with Crippen LogP contribution in [0.15, 0.2) is 152 Å². The lowest BCUT2D eigenvalue weighted by molar-refractivity contribution is 1.07. The molecule has 0 atom stereocenters. The van der Waals surface area contributed by atoms with Gasteiger partial charge in [-0.1, -0.05) is 102 Å². The second kappa shape index (κ2) is 13.1. The van der Waals surface area contributed by atoms with Crippen LogP contribution in [0.4, 0.5) is 0 Å². The van der Waals surface area contributed by atoms with E-state index in [0.29, 0.717) is 17.5 Å². The van der Waals surface area contributed by atoms with Crippen LogP contribution in [0.5, 0.6) is 0 Å². The summed E-state index contributed by atoms with van der Waals surface area (Å²) in [5.74, 6) is 1.90. The summed E-state index contributed by atoms with van der Waals surface area (Å²) in [5, 5.41) is 2.54. The maximum atomic E-state index is 5.12. The van der Waals surface area contributed by atoms with Gasteiger partial charge in [0, 0.05) is 44.5 Å². The van der Waals surface area contributed by atoms with E-state index >= 15 is 0 Å². The van der Waals surface area contributed by atoms with Crippen LogP contribution in [0, 0.1) is 27.7 Å². The van der Waals surface area contributed by atoms with Gasteiger partial charge in [-0.3, -0.25) is 4.98 Å². The van der Waals surface area contributed by atoms with Gasteiger partial charge >= 0.3 is 0 Å². The first-order valence-electron chi connectivity index (χ1n) is 18.0. The molecule has 0 bridgehead atoms. The van der Waals surface area contributed by atoms with E-state index in [0.717, 1.165) is 56.0 Å². The van der Waals surface area contributed by atoms with E-state index < -0.39 is 0 Å². The topological polar surface area (TPSA) is 56.5 Å². The summed E-state index contributed by atoms with van der Waals surface area (Å²) in [6.45, 7) is 8.41. The van der Waals surface area contributed by atoms with Crippen molar-refractivity contribution in [3.8, 4) is 62.1 Å². The van der Waals surface area contributed by atoms with Crippen molar-refractivity contribution in [1.82, 2.24) is 24.5 Å². The molecule has 0 unspecified atom stereocenters. The second-order valence-electron chi connectivity index (χ2n) is 13.9. The molecule has 0 saturated heterocycles. The molecule has 6 aromatic carbocycles. The van der Waals surface area contributed by atoms with Gasteiger partial charge in [0.2, 0.25) is 0 Å². The largest absolute Gasteiger partial charge is 0.309 e. The smallest absolute Gasteiger partial charge is 0.164 e. The van der Waals surface area contributed by atoms with E-state index in [4.69, 9.17) is 15.0 Å². The molecule has 3 heterocycles. The minimum Gasteiger partial charge on any atom is -0.309 e. The Balaban J connectivity index is 1.24. The van der Waals surface area contributed by atoms with Gasteiger partial charge in [0.1, 0.15) is 0 Å². The van der Waals surface area contributed by atoms with Crippen LogP contribution in [-0.4, -0.2) is 24.5 Å². The molecule has 9 rings (SSSR count). The Hall–Kier alpha value is -6.72. The van der Waals surface area contributed by atoms with Crippen molar-refractivity contribution in [3.63, 3.8) is 0 Å². The summed E-state index contributed by atoms with van der Waals surface area (Å²) in [6, 6.07) is 53.5. The van der Waals surface area contributed by atoms with E-state index in [1.54, 1.807) is 0 Å². The molecule has 3 aromatic heterocycles. The minimum absolute atomic E-state index is 0.624. The molecular formula is C48H37N5. The van der Waals surface area contributed by atoms with Crippen molar-refractivity contribution in [2.45, 2.75) is 27.7 Å². The summed E-state index contributed by atoms with van der Waals surface area (Å²) in [6.07, 6.45) is 0. The van der Waals surface area contributed by atoms with Crippen LogP contribution in [0.1, 0.15) is 22.5 Å². The number of hydrogen-bond donors (Lipinski definition) is 0. The molecule has 53 heavy (non-hydrogen) atoms. The summed E-state index contributed by atoms with van der Waals surface area (Å²) in [5.41, 5.74) is 15.1. The number of pyridine rings is 1. The summed E-state index contributed by atoms with van der Waals surface area (Å²) in [4.78, 5) is 19.8. The van der Waals surface area contributed by atoms with Crippen molar-refractivity contribution < 1.29 is 0 Å². The number of hydrogen-bond acceptors (Lipinski definition) is 4. The van der Waals surface area contributed by atoms with Gasteiger partial charge in [0.25, 0.3) is 0 Å². The number of rotatable bonds is 6. The van der Waals surface area contributed by atoms with Crippen molar-refractivity contribution >= 4 is 21.8 Å². The van der Waals surface area contributed by atoms with Gasteiger partial charge in [0.15, 0.2) is 17.5 Å². The fourth-order valence-corrected chi connectivity index (χ4v) is 7.41. The Morgan fingerprint density at radius 1 is 0.358 bits per heavy atom. The molecule has 0 aliphatic heterocycles. The Morgan fingerprint density at radius 2 is 0.868 bits per heavy atom. The number of nitrogens with zero attached hydrogens (tertiary/aromatic N) is 5. The normalized spacial score (nSPS) is 11.4. The van der Waals surface area contributed by atoms with Gasteiger partial charge in [-0.25, -0.2) is 15.0 Å². The van der Waals surface area contributed by atoms with Crippen LogP contribution in [0.25, 0.3) is 83.9 Å². The highest BCUT2D eigenvalue weighted by Crippen LogP contribution is 2.38. The maximum absolute atomic E-state index is 5.12. The molecule has 0 spiro atoms. The van der Waals surface area contributed by atoms with Crippen LogP contribution in [0.3, 0.4) is 0 Å². The molecule has 0 aliphatic rings. The average molecular weight is 684 g/mol. The maximum Gasteiger partial charge on any atom is 0.164 e. The molecule has 9 aromatic rings. The Morgan fingerprint density at radius 3 is 1.42 bits per heavy atom. The van der Waals surface area contributed by atoms with E-state index in [1.165, 1.54) is 32.9 Å². The zero-order valence-corrected chi connectivity index (χ0v) is 30.2. The van der Waals surface area contributed by atoms with Crippen LogP contribution < -0.4 is 0 Å². The van der Waals surface area contributed by atoms with E-state index in [9.17, 15) is 0 Å². The number of aromatic nitrogens is 5. The van der Waals surface area contributed by atoms with Crippen LogP contribution in [-0.2, 0) is 0 Å². The molecule has 5 nitrogen and oxygen atoms in total. The average Bonchev–Trinajstić information content (AvgIpc) is 3.50. The molecule has 0 N–H and O–H groups in total. The summed E-state index contributed by atoms with van der Waals surface area (Å²) in [7, 11) is 0. The monoisotopic (exact) mass is 683 g/mol. The number of benzene rings is 6. The van der Waals surface area contributed by atoms with E-state index in [2.05, 4.69) is 114 Å². The first kappa shape index (κ1) is 32.2. The predicted octanol–water partition coefficient (Wildman–Crippen LogP) is 11.9. The third-order valence-corrected chi connectivity index (χ3v) is 9.89. The lowest BCUT2D eigenvalue weighted by Gasteiger charge is -2.15. The highest BCUT2D eigenvalue weighted by Gasteiger charge is 2.18. The molecule has 0 amide bonds. The zero-order valence-electron chi connectivity index (χ0n) is 30.2. The molecule has 0 radical (unpaired) electrons. The minimum atomic E-state index is 0.624. The Labute approximate surface area is 309 Å². The number of fused-ring (bicyclic) bond motifs is 3. The van der Waals surface area contributed by atoms with Gasteiger partial charge in [-0.2, -0.15) is 0 Å². The highest BCUT2D eigenvalue weighted by atomic mass is 15.0. The second-order valence-corrected chi connectivity index (χ2v) is 13.9. The first-order chi connectivity index (χ1) is 25.9.